The Bertz CT molecular complexity index is 570. The molecule has 0 bridgehead atoms. The number of anilines is 1. The molecule has 2 aromatic rings. The molecule has 21 heavy (non-hydrogen) atoms. The summed E-state index contributed by atoms with van der Waals surface area (Å²) in [5, 5.41) is 3.57. The lowest BCUT2D eigenvalue weighted by molar-refractivity contribution is 0.373. The minimum Gasteiger partial charge on any atom is -0.355 e. The summed E-state index contributed by atoms with van der Waals surface area (Å²) in [6, 6.07) is 0. The molecule has 6 heteroatoms. The molecule has 1 aliphatic heterocycles. The third-order valence-electron chi connectivity index (χ3n) is 4.10. The van der Waals surface area contributed by atoms with E-state index in [1.54, 1.807) is 12.7 Å². The number of aromatic amines is 1. The van der Waals surface area contributed by atoms with Crippen molar-refractivity contribution in [2.24, 2.45) is 11.8 Å². The predicted molar refractivity (Wildman–Crippen MR) is 84.3 cm³/mol. The maximum Gasteiger partial charge on any atom is 0.182 e. The number of aromatic nitrogens is 4. The summed E-state index contributed by atoms with van der Waals surface area (Å²) in [5.74, 6) is 2.49. The molecule has 1 aliphatic rings. The van der Waals surface area contributed by atoms with Crippen molar-refractivity contribution in [3.8, 4) is 0 Å². The van der Waals surface area contributed by atoms with Crippen molar-refractivity contribution >= 4 is 17.0 Å². The van der Waals surface area contributed by atoms with E-state index in [2.05, 4.69) is 44.0 Å². The molecule has 0 unspecified atom stereocenters. The summed E-state index contributed by atoms with van der Waals surface area (Å²) in [4.78, 5) is 18.3. The number of rotatable bonds is 5. The van der Waals surface area contributed by atoms with Gasteiger partial charge in [0.2, 0.25) is 0 Å². The maximum absolute atomic E-state index is 4.44. The molecule has 114 valence electrons. The van der Waals surface area contributed by atoms with Gasteiger partial charge in [0.1, 0.15) is 11.8 Å². The summed E-state index contributed by atoms with van der Waals surface area (Å²) in [6.07, 6.45) is 5.72. The molecule has 3 heterocycles. The molecule has 0 aromatic carbocycles. The first-order chi connectivity index (χ1) is 10.2. The molecule has 2 N–H and O–H groups in total. The first-order valence-corrected chi connectivity index (χ1v) is 7.83. The highest BCUT2D eigenvalue weighted by molar-refractivity contribution is 5.82. The Morgan fingerprint density at radius 1 is 1.29 bits per heavy atom. The van der Waals surface area contributed by atoms with Crippen LogP contribution in [0.4, 0.5) is 5.82 Å². The van der Waals surface area contributed by atoms with E-state index in [4.69, 9.17) is 0 Å². The van der Waals surface area contributed by atoms with E-state index in [1.807, 2.05) is 0 Å². The average molecular weight is 288 g/mol. The third-order valence-corrected chi connectivity index (χ3v) is 4.10. The van der Waals surface area contributed by atoms with Crippen LogP contribution in [-0.4, -0.2) is 46.1 Å². The third kappa shape index (κ3) is 3.32. The molecule has 6 nitrogen and oxygen atoms in total. The van der Waals surface area contributed by atoms with Crippen LogP contribution in [0.3, 0.4) is 0 Å². The number of hydrogen-bond donors (Lipinski definition) is 2. The van der Waals surface area contributed by atoms with E-state index in [-0.39, 0.29) is 0 Å². The van der Waals surface area contributed by atoms with E-state index < -0.39 is 0 Å². The van der Waals surface area contributed by atoms with Crippen molar-refractivity contribution in [3.63, 3.8) is 0 Å². The minimum atomic E-state index is 0.722. The Kier molecular flexibility index (Phi) is 4.34. The van der Waals surface area contributed by atoms with Gasteiger partial charge in [0.15, 0.2) is 11.5 Å². The van der Waals surface area contributed by atoms with Crippen molar-refractivity contribution in [1.82, 2.24) is 25.3 Å². The minimum absolute atomic E-state index is 0.722. The molecule has 0 spiro atoms. The molecule has 2 aromatic heterocycles. The van der Waals surface area contributed by atoms with Gasteiger partial charge in [-0.1, -0.05) is 13.8 Å². The van der Waals surface area contributed by atoms with Crippen LogP contribution in [0.25, 0.3) is 11.2 Å². The highest BCUT2D eigenvalue weighted by Crippen LogP contribution is 2.25. The standard InChI is InChI=1S/C15H24N6/c1-11(2)7-16-8-12-3-5-21(6-4-12)15-13-14(18-9-17-13)19-10-20-15/h9-12,16H,3-8H2,1-2H3,(H,17,18,19,20). The highest BCUT2D eigenvalue weighted by atomic mass is 15.2. The van der Waals surface area contributed by atoms with Gasteiger partial charge in [-0.15, -0.1) is 0 Å². The fourth-order valence-electron chi connectivity index (χ4n) is 2.92. The molecule has 0 amide bonds. The fraction of sp³-hybridized carbons (Fsp3) is 0.667. The van der Waals surface area contributed by atoms with E-state index in [1.165, 1.54) is 12.8 Å². The van der Waals surface area contributed by atoms with Crippen molar-refractivity contribution in [2.75, 3.05) is 31.1 Å². The van der Waals surface area contributed by atoms with Crippen molar-refractivity contribution in [1.29, 1.82) is 0 Å². The van der Waals surface area contributed by atoms with Gasteiger partial charge in [0.25, 0.3) is 0 Å². The van der Waals surface area contributed by atoms with Gasteiger partial charge in [0, 0.05) is 13.1 Å². The number of nitrogens with zero attached hydrogens (tertiary/aromatic N) is 4. The summed E-state index contributed by atoms with van der Waals surface area (Å²) >= 11 is 0. The molecule has 0 atom stereocenters. The van der Waals surface area contributed by atoms with Gasteiger partial charge < -0.3 is 15.2 Å². The second-order valence-corrected chi connectivity index (χ2v) is 6.28. The van der Waals surface area contributed by atoms with Crippen LogP contribution in [0.1, 0.15) is 26.7 Å². The molecular weight excluding hydrogens is 264 g/mol. The monoisotopic (exact) mass is 288 g/mol. The van der Waals surface area contributed by atoms with Crippen LogP contribution in [-0.2, 0) is 0 Å². The number of imidazole rings is 1. The molecular formula is C15H24N6. The van der Waals surface area contributed by atoms with E-state index in [0.717, 1.165) is 55.0 Å². The topological polar surface area (TPSA) is 69.7 Å². The maximum atomic E-state index is 4.44. The largest absolute Gasteiger partial charge is 0.355 e. The number of H-pyrrole nitrogens is 1. The summed E-state index contributed by atoms with van der Waals surface area (Å²) in [7, 11) is 0. The average Bonchev–Trinajstić information content (AvgIpc) is 2.96. The molecule has 1 saturated heterocycles. The Hall–Kier alpha value is -1.69. The normalized spacial score (nSPS) is 17.0. The van der Waals surface area contributed by atoms with Crippen molar-refractivity contribution < 1.29 is 0 Å². The lowest BCUT2D eigenvalue weighted by atomic mass is 9.96. The van der Waals surface area contributed by atoms with Crippen LogP contribution >= 0.6 is 0 Å². The summed E-state index contributed by atoms with van der Waals surface area (Å²) < 4.78 is 0. The van der Waals surface area contributed by atoms with Gasteiger partial charge >= 0.3 is 0 Å². The quantitative estimate of drug-likeness (QED) is 0.878. The molecule has 0 saturated carbocycles. The van der Waals surface area contributed by atoms with Gasteiger partial charge in [-0.2, -0.15) is 0 Å². The molecule has 1 fully saturated rings. The van der Waals surface area contributed by atoms with Crippen molar-refractivity contribution in [2.45, 2.75) is 26.7 Å². The number of hydrogen-bond acceptors (Lipinski definition) is 5. The van der Waals surface area contributed by atoms with Gasteiger partial charge in [0.05, 0.1) is 6.33 Å². The van der Waals surface area contributed by atoms with Gasteiger partial charge in [-0.05, 0) is 37.8 Å². The van der Waals surface area contributed by atoms with Gasteiger partial charge in [-0.25, -0.2) is 15.0 Å². The number of fused-ring (bicyclic) bond motifs is 1. The van der Waals surface area contributed by atoms with Gasteiger partial charge in [-0.3, -0.25) is 0 Å². The highest BCUT2D eigenvalue weighted by Gasteiger charge is 2.22. The SMILES string of the molecule is CC(C)CNCC1CCN(c2ncnc3nc[nH]c23)CC1. The molecule has 0 radical (unpaired) electrons. The Morgan fingerprint density at radius 2 is 2.10 bits per heavy atom. The van der Waals surface area contributed by atoms with Crippen LogP contribution in [0.5, 0.6) is 0 Å². The second-order valence-electron chi connectivity index (χ2n) is 6.28. The van der Waals surface area contributed by atoms with Crippen LogP contribution in [0, 0.1) is 11.8 Å². The lowest BCUT2D eigenvalue weighted by Crippen LogP contribution is -2.38. The van der Waals surface area contributed by atoms with E-state index >= 15 is 0 Å². The van der Waals surface area contributed by atoms with Crippen molar-refractivity contribution in [3.05, 3.63) is 12.7 Å². The van der Waals surface area contributed by atoms with E-state index in [0.29, 0.717) is 0 Å². The summed E-state index contributed by atoms with van der Waals surface area (Å²) in [5.41, 5.74) is 1.70. The fourth-order valence-corrected chi connectivity index (χ4v) is 2.92. The Morgan fingerprint density at radius 3 is 2.86 bits per heavy atom. The van der Waals surface area contributed by atoms with Crippen LogP contribution in [0.15, 0.2) is 12.7 Å². The second kappa shape index (κ2) is 6.39. The number of nitrogens with one attached hydrogen (secondary N) is 2. The Balaban J connectivity index is 1.57. The zero-order chi connectivity index (χ0) is 14.7. The zero-order valence-electron chi connectivity index (χ0n) is 12.8. The summed E-state index contributed by atoms with van der Waals surface area (Å²) in [6.45, 7) is 8.86. The first-order valence-electron chi connectivity index (χ1n) is 7.83. The van der Waals surface area contributed by atoms with Crippen LogP contribution in [0.2, 0.25) is 0 Å². The zero-order valence-corrected chi connectivity index (χ0v) is 12.8. The predicted octanol–water partition coefficient (Wildman–Crippen LogP) is 1.81. The molecule has 3 rings (SSSR count). The molecule has 0 aliphatic carbocycles. The lowest BCUT2D eigenvalue weighted by Gasteiger charge is -2.33. The first kappa shape index (κ1) is 14.3. The Labute approximate surface area is 125 Å². The number of piperidine rings is 1. The van der Waals surface area contributed by atoms with Crippen LogP contribution < -0.4 is 10.2 Å². The van der Waals surface area contributed by atoms with E-state index in [9.17, 15) is 0 Å². The smallest absolute Gasteiger partial charge is 0.182 e.